The van der Waals surface area contributed by atoms with Crippen molar-refractivity contribution in [2.45, 2.75) is 18.9 Å². The molecule has 1 aromatic heterocycles. The molecule has 140 valence electrons. The minimum Gasteiger partial charge on any atom is -0.489 e. The average molecular weight is 406 g/mol. The molecule has 1 fully saturated rings. The van der Waals surface area contributed by atoms with Gasteiger partial charge in [0.2, 0.25) is 5.79 Å². The van der Waals surface area contributed by atoms with E-state index in [-0.39, 0.29) is 0 Å². The molecule has 6 nitrogen and oxygen atoms in total. The van der Waals surface area contributed by atoms with Crippen LogP contribution in [0.2, 0.25) is 10.0 Å². The largest absolute Gasteiger partial charge is 0.489 e. The van der Waals surface area contributed by atoms with Gasteiger partial charge in [0.1, 0.15) is 31.6 Å². The minimum atomic E-state index is -0.869. The summed E-state index contributed by atoms with van der Waals surface area (Å²) in [6.45, 7) is 1.84. The fourth-order valence-electron chi connectivity index (χ4n) is 2.94. The van der Waals surface area contributed by atoms with Gasteiger partial charge < -0.3 is 14.2 Å². The first-order valence-corrected chi connectivity index (χ1v) is 9.18. The van der Waals surface area contributed by atoms with E-state index >= 15 is 0 Å². The van der Waals surface area contributed by atoms with Crippen molar-refractivity contribution < 1.29 is 14.2 Å². The molecule has 8 heteroatoms. The third kappa shape index (κ3) is 4.09. The molecule has 2 aromatic carbocycles. The van der Waals surface area contributed by atoms with Crippen molar-refractivity contribution in [3.63, 3.8) is 0 Å². The lowest BCUT2D eigenvalue weighted by atomic mass is 10.1. The highest BCUT2D eigenvalue weighted by molar-refractivity contribution is 6.35. The van der Waals surface area contributed by atoms with E-state index in [4.69, 9.17) is 37.4 Å². The number of rotatable bonds is 6. The number of halogens is 2. The predicted octanol–water partition coefficient (Wildman–Crippen LogP) is 4.06. The minimum absolute atomic E-state index is 0.354. The van der Waals surface area contributed by atoms with Crippen molar-refractivity contribution in [3.05, 3.63) is 76.3 Å². The summed E-state index contributed by atoms with van der Waals surface area (Å²) >= 11 is 12.1. The van der Waals surface area contributed by atoms with Crippen LogP contribution in [0.1, 0.15) is 11.1 Å². The lowest BCUT2D eigenvalue weighted by molar-refractivity contribution is -0.177. The summed E-state index contributed by atoms with van der Waals surface area (Å²) in [4.78, 5) is 3.97. The Balaban J connectivity index is 1.47. The van der Waals surface area contributed by atoms with Crippen molar-refractivity contribution >= 4 is 23.2 Å². The normalized spacial score (nSPS) is 15.8. The molecule has 1 aliphatic heterocycles. The van der Waals surface area contributed by atoms with E-state index in [0.717, 1.165) is 16.9 Å². The molecular weight excluding hydrogens is 389 g/mol. The fraction of sp³-hybridized carbons (Fsp3) is 0.263. The number of benzene rings is 2. The molecular formula is C19H17Cl2N3O3. The molecule has 2 heterocycles. The van der Waals surface area contributed by atoms with Gasteiger partial charge in [-0.05, 0) is 36.4 Å². The molecule has 0 atom stereocenters. The average Bonchev–Trinajstić information content (AvgIpc) is 3.35. The second kappa shape index (κ2) is 7.86. The molecule has 3 aromatic rings. The topological polar surface area (TPSA) is 58.4 Å². The summed E-state index contributed by atoms with van der Waals surface area (Å²) in [7, 11) is 0. The van der Waals surface area contributed by atoms with Crippen molar-refractivity contribution in [3.8, 4) is 5.75 Å². The van der Waals surface area contributed by atoms with Gasteiger partial charge in [0, 0.05) is 21.2 Å². The Morgan fingerprint density at radius 3 is 2.52 bits per heavy atom. The van der Waals surface area contributed by atoms with Crippen LogP contribution in [-0.4, -0.2) is 28.0 Å². The van der Waals surface area contributed by atoms with Crippen LogP contribution in [0.25, 0.3) is 0 Å². The molecule has 27 heavy (non-hydrogen) atoms. The molecule has 0 saturated carbocycles. The van der Waals surface area contributed by atoms with Crippen molar-refractivity contribution in [1.29, 1.82) is 0 Å². The van der Waals surface area contributed by atoms with Crippen LogP contribution in [0.5, 0.6) is 5.75 Å². The quantitative estimate of drug-likeness (QED) is 0.618. The first-order chi connectivity index (χ1) is 13.1. The Morgan fingerprint density at radius 2 is 1.85 bits per heavy atom. The van der Waals surface area contributed by atoms with Crippen LogP contribution in [0.3, 0.4) is 0 Å². The highest BCUT2D eigenvalue weighted by Gasteiger charge is 2.39. The van der Waals surface area contributed by atoms with Gasteiger partial charge >= 0.3 is 0 Å². The predicted molar refractivity (Wildman–Crippen MR) is 101 cm³/mol. The second-order valence-corrected chi connectivity index (χ2v) is 6.94. The SMILES string of the molecule is Clc1ccc(COc2ccc(C3(Cn4cncn4)OCCO3)cc2)c(Cl)c1. The first-order valence-electron chi connectivity index (χ1n) is 8.42. The molecule has 0 bridgehead atoms. The Labute approximate surface area is 166 Å². The summed E-state index contributed by atoms with van der Waals surface area (Å²) in [5.41, 5.74) is 1.77. The lowest BCUT2D eigenvalue weighted by Gasteiger charge is -2.27. The second-order valence-electron chi connectivity index (χ2n) is 6.09. The maximum Gasteiger partial charge on any atom is 0.215 e. The number of hydrogen-bond donors (Lipinski definition) is 0. The molecule has 0 amide bonds. The van der Waals surface area contributed by atoms with E-state index in [9.17, 15) is 0 Å². The zero-order chi connectivity index (χ0) is 18.7. The van der Waals surface area contributed by atoms with Crippen LogP contribution in [0, 0.1) is 0 Å². The number of hydrogen-bond acceptors (Lipinski definition) is 5. The Hall–Kier alpha value is -2.12. The van der Waals surface area contributed by atoms with E-state index in [1.165, 1.54) is 6.33 Å². The van der Waals surface area contributed by atoms with Crippen molar-refractivity contribution in [1.82, 2.24) is 14.8 Å². The summed E-state index contributed by atoms with van der Waals surface area (Å²) in [6, 6.07) is 13.0. The van der Waals surface area contributed by atoms with Gasteiger partial charge in [-0.25, -0.2) is 9.67 Å². The van der Waals surface area contributed by atoms with E-state index in [1.54, 1.807) is 23.1 Å². The molecule has 1 aliphatic rings. The van der Waals surface area contributed by atoms with Crippen LogP contribution < -0.4 is 4.74 Å². The zero-order valence-corrected chi connectivity index (χ0v) is 15.9. The molecule has 0 aliphatic carbocycles. The fourth-order valence-corrected chi connectivity index (χ4v) is 3.40. The van der Waals surface area contributed by atoms with Crippen molar-refractivity contribution in [2.75, 3.05) is 13.2 Å². The monoisotopic (exact) mass is 405 g/mol. The molecule has 1 saturated heterocycles. The smallest absolute Gasteiger partial charge is 0.215 e. The van der Waals surface area contributed by atoms with Gasteiger partial charge in [-0.15, -0.1) is 0 Å². The highest BCUT2D eigenvalue weighted by Crippen LogP contribution is 2.34. The summed E-state index contributed by atoms with van der Waals surface area (Å²) in [5.74, 6) is -0.148. The van der Waals surface area contributed by atoms with E-state index in [0.29, 0.717) is 36.4 Å². The van der Waals surface area contributed by atoms with Crippen LogP contribution in [0.15, 0.2) is 55.1 Å². The lowest BCUT2D eigenvalue weighted by Crippen LogP contribution is -2.33. The Bertz CT molecular complexity index is 895. The van der Waals surface area contributed by atoms with E-state index in [2.05, 4.69) is 10.1 Å². The Kier molecular flexibility index (Phi) is 5.31. The Morgan fingerprint density at radius 1 is 1.07 bits per heavy atom. The number of ether oxygens (including phenoxy) is 3. The maximum absolute atomic E-state index is 6.18. The number of aromatic nitrogens is 3. The summed E-state index contributed by atoms with van der Waals surface area (Å²) < 4.78 is 19.4. The van der Waals surface area contributed by atoms with Crippen LogP contribution in [0.4, 0.5) is 0 Å². The third-order valence-corrected chi connectivity index (χ3v) is 4.88. The van der Waals surface area contributed by atoms with E-state index < -0.39 is 5.79 Å². The molecule has 4 rings (SSSR count). The first kappa shape index (κ1) is 18.3. The van der Waals surface area contributed by atoms with Gasteiger partial charge in [0.05, 0.1) is 13.2 Å². The van der Waals surface area contributed by atoms with Gasteiger partial charge in [-0.2, -0.15) is 5.10 Å². The maximum atomic E-state index is 6.18. The van der Waals surface area contributed by atoms with Gasteiger partial charge in [0.25, 0.3) is 0 Å². The molecule has 0 spiro atoms. The standard InChI is InChI=1S/C19H17Cl2N3O3/c20-16-4-1-14(18(21)9-16)10-25-17-5-2-15(3-6-17)19(26-7-8-27-19)11-24-13-22-12-23-24/h1-6,9,12-13H,7-8,10-11H2. The van der Waals surface area contributed by atoms with Crippen LogP contribution >= 0.6 is 23.2 Å². The summed E-state index contributed by atoms with van der Waals surface area (Å²) in [6.07, 6.45) is 3.13. The number of nitrogens with zero attached hydrogens (tertiary/aromatic N) is 3. The van der Waals surface area contributed by atoms with Crippen LogP contribution in [-0.2, 0) is 28.4 Å². The van der Waals surface area contributed by atoms with Gasteiger partial charge in [-0.3, -0.25) is 0 Å². The zero-order valence-electron chi connectivity index (χ0n) is 14.3. The molecule has 0 unspecified atom stereocenters. The highest BCUT2D eigenvalue weighted by atomic mass is 35.5. The molecule has 0 radical (unpaired) electrons. The van der Waals surface area contributed by atoms with Gasteiger partial charge in [0.15, 0.2) is 0 Å². The third-order valence-electron chi connectivity index (χ3n) is 4.29. The van der Waals surface area contributed by atoms with Gasteiger partial charge in [-0.1, -0.05) is 29.3 Å². The van der Waals surface area contributed by atoms with Crippen molar-refractivity contribution in [2.24, 2.45) is 0 Å². The summed E-state index contributed by atoms with van der Waals surface area (Å²) in [5, 5.41) is 5.33. The molecule has 0 N–H and O–H groups in total. The van der Waals surface area contributed by atoms with E-state index in [1.807, 2.05) is 30.3 Å².